The maximum absolute atomic E-state index is 13.3. The summed E-state index contributed by atoms with van der Waals surface area (Å²) in [6.07, 6.45) is 1.59. The molecule has 0 radical (unpaired) electrons. The van der Waals surface area contributed by atoms with E-state index in [4.69, 9.17) is 4.52 Å². The molecule has 2 aromatic heterocycles. The second-order valence-corrected chi connectivity index (χ2v) is 4.96. The highest BCUT2D eigenvalue weighted by molar-refractivity contribution is 5.56. The number of hydrogen-bond acceptors (Lipinski definition) is 5. The highest BCUT2D eigenvalue weighted by Crippen LogP contribution is 2.22. The molecule has 2 aromatic carbocycles. The van der Waals surface area contributed by atoms with Gasteiger partial charge in [0.15, 0.2) is 5.69 Å². The Hall–Kier alpha value is -3.42. The average molecular weight is 325 g/mol. The normalized spacial score (nSPS) is 10.9. The van der Waals surface area contributed by atoms with Crippen LogP contribution in [0.5, 0.6) is 0 Å². The summed E-state index contributed by atoms with van der Waals surface area (Å²) in [6, 6.07) is 11.6. The van der Waals surface area contributed by atoms with Gasteiger partial charge in [0.1, 0.15) is 11.6 Å². The number of aromatic nitrogens is 5. The van der Waals surface area contributed by atoms with Gasteiger partial charge in [-0.05, 0) is 42.5 Å². The van der Waals surface area contributed by atoms with E-state index in [0.29, 0.717) is 16.9 Å². The first-order valence-electron chi connectivity index (χ1n) is 6.97. The Morgan fingerprint density at radius 3 is 2.58 bits per heavy atom. The summed E-state index contributed by atoms with van der Waals surface area (Å²) in [5, 5.41) is 11.8. The molecule has 118 valence electrons. The Morgan fingerprint density at radius 2 is 1.79 bits per heavy atom. The molecule has 4 aromatic rings. The van der Waals surface area contributed by atoms with Crippen molar-refractivity contribution in [1.82, 2.24) is 25.1 Å². The Balaban J connectivity index is 1.65. The van der Waals surface area contributed by atoms with E-state index in [1.807, 2.05) is 0 Å². The molecule has 0 bridgehead atoms. The summed E-state index contributed by atoms with van der Waals surface area (Å²) in [4.78, 5) is 4.19. The number of halogens is 2. The molecule has 0 atom stereocenters. The van der Waals surface area contributed by atoms with Crippen LogP contribution in [0.4, 0.5) is 8.78 Å². The van der Waals surface area contributed by atoms with E-state index < -0.39 is 5.82 Å². The Morgan fingerprint density at radius 1 is 0.958 bits per heavy atom. The summed E-state index contributed by atoms with van der Waals surface area (Å²) in [5.74, 6) is -0.324. The molecule has 24 heavy (non-hydrogen) atoms. The molecule has 0 N–H and O–H groups in total. The summed E-state index contributed by atoms with van der Waals surface area (Å²) >= 11 is 0. The van der Waals surface area contributed by atoms with Gasteiger partial charge < -0.3 is 4.52 Å². The van der Waals surface area contributed by atoms with Crippen LogP contribution >= 0.6 is 0 Å². The fourth-order valence-electron chi connectivity index (χ4n) is 2.15. The standard InChI is InChI=1S/C16H9F2N5O/c17-11-4-6-13(7-5-11)23-9-14(20-22-23)15-19-16(24-21-15)10-2-1-3-12(18)8-10/h1-9H. The van der Waals surface area contributed by atoms with E-state index in [2.05, 4.69) is 20.5 Å². The second kappa shape index (κ2) is 5.65. The van der Waals surface area contributed by atoms with Gasteiger partial charge in [-0.2, -0.15) is 4.98 Å². The third-order valence-corrected chi connectivity index (χ3v) is 3.31. The average Bonchev–Trinajstić information content (AvgIpc) is 3.25. The summed E-state index contributed by atoms with van der Waals surface area (Å²) in [5.41, 5.74) is 1.49. The van der Waals surface area contributed by atoms with Crippen LogP contribution < -0.4 is 0 Å². The first-order valence-corrected chi connectivity index (χ1v) is 6.97. The van der Waals surface area contributed by atoms with E-state index in [0.717, 1.165) is 0 Å². The summed E-state index contributed by atoms with van der Waals surface area (Å²) in [6.45, 7) is 0. The zero-order chi connectivity index (χ0) is 16.5. The van der Waals surface area contributed by atoms with Gasteiger partial charge in [-0.15, -0.1) is 5.10 Å². The monoisotopic (exact) mass is 325 g/mol. The quantitative estimate of drug-likeness (QED) is 0.578. The fraction of sp³-hybridized carbons (Fsp3) is 0. The van der Waals surface area contributed by atoms with E-state index in [1.54, 1.807) is 30.5 Å². The maximum Gasteiger partial charge on any atom is 0.258 e. The molecule has 0 aliphatic heterocycles. The van der Waals surface area contributed by atoms with Crippen LogP contribution in [0.15, 0.2) is 59.3 Å². The topological polar surface area (TPSA) is 69.6 Å². The molecule has 2 heterocycles. The SMILES string of the molecule is Fc1ccc(-n2cc(-c3noc(-c4cccc(F)c4)n3)nn2)cc1. The molecule has 0 fully saturated rings. The first-order chi connectivity index (χ1) is 11.7. The molecule has 0 unspecified atom stereocenters. The van der Waals surface area contributed by atoms with Gasteiger partial charge in [0, 0.05) is 5.56 Å². The minimum absolute atomic E-state index is 0.181. The lowest BCUT2D eigenvalue weighted by molar-refractivity contribution is 0.432. The van der Waals surface area contributed by atoms with Gasteiger partial charge >= 0.3 is 0 Å². The minimum atomic E-state index is -0.394. The van der Waals surface area contributed by atoms with Crippen LogP contribution in [0.25, 0.3) is 28.7 Å². The smallest absolute Gasteiger partial charge is 0.258 e. The van der Waals surface area contributed by atoms with Gasteiger partial charge in [-0.1, -0.05) is 16.4 Å². The van der Waals surface area contributed by atoms with Crippen molar-refractivity contribution in [2.75, 3.05) is 0 Å². The molecule has 6 nitrogen and oxygen atoms in total. The summed E-state index contributed by atoms with van der Waals surface area (Å²) in [7, 11) is 0. The highest BCUT2D eigenvalue weighted by Gasteiger charge is 2.14. The van der Waals surface area contributed by atoms with Crippen LogP contribution in [-0.2, 0) is 0 Å². The van der Waals surface area contributed by atoms with Crippen LogP contribution in [0.2, 0.25) is 0 Å². The zero-order valence-corrected chi connectivity index (χ0v) is 12.1. The number of hydrogen-bond donors (Lipinski definition) is 0. The predicted octanol–water partition coefficient (Wildman–Crippen LogP) is 3.26. The third kappa shape index (κ3) is 2.65. The zero-order valence-electron chi connectivity index (χ0n) is 12.1. The first kappa shape index (κ1) is 14.2. The largest absolute Gasteiger partial charge is 0.334 e. The van der Waals surface area contributed by atoms with Crippen molar-refractivity contribution in [2.45, 2.75) is 0 Å². The lowest BCUT2D eigenvalue weighted by Crippen LogP contribution is -1.94. The Kier molecular flexibility index (Phi) is 3.34. The van der Waals surface area contributed by atoms with Crippen LogP contribution in [0.1, 0.15) is 0 Å². The summed E-state index contributed by atoms with van der Waals surface area (Å²) < 4.78 is 32.8. The van der Waals surface area contributed by atoms with E-state index >= 15 is 0 Å². The van der Waals surface area contributed by atoms with E-state index in [1.165, 1.54) is 28.9 Å². The molecule has 8 heteroatoms. The van der Waals surface area contributed by atoms with Crippen molar-refractivity contribution in [3.8, 4) is 28.7 Å². The fourth-order valence-corrected chi connectivity index (χ4v) is 2.15. The van der Waals surface area contributed by atoms with Crippen LogP contribution in [0, 0.1) is 11.6 Å². The number of nitrogens with zero attached hydrogens (tertiary/aromatic N) is 5. The molecule has 0 saturated heterocycles. The minimum Gasteiger partial charge on any atom is -0.334 e. The molecular weight excluding hydrogens is 316 g/mol. The Labute approximate surface area is 134 Å². The molecule has 4 rings (SSSR count). The van der Waals surface area contributed by atoms with Crippen molar-refractivity contribution in [3.05, 3.63) is 66.4 Å². The molecule has 0 aliphatic rings. The van der Waals surface area contributed by atoms with Gasteiger partial charge in [0.05, 0.1) is 11.9 Å². The van der Waals surface area contributed by atoms with Crippen molar-refractivity contribution < 1.29 is 13.3 Å². The lowest BCUT2D eigenvalue weighted by Gasteiger charge is -1.97. The van der Waals surface area contributed by atoms with Crippen LogP contribution in [0.3, 0.4) is 0 Å². The van der Waals surface area contributed by atoms with Crippen molar-refractivity contribution in [1.29, 1.82) is 0 Å². The second-order valence-electron chi connectivity index (χ2n) is 4.96. The van der Waals surface area contributed by atoms with Crippen molar-refractivity contribution in [3.63, 3.8) is 0 Å². The number of benzene rings is 2. The van der Waals surface area contributed by atoms with Gasteiger partial charge in [-0.3, -0.25) is 0 Å². The predicted molar refractivity (Wildman–Crippen MR) is 80.0 cm³/mol. The van der Waals surface area contributed by atoms with Crippen molar-refractivity contribution >= 4 is 0 Å². The number of rotatable bonds is 3. The maximum atomic E-state index is 13.3. The van der Waals surface area contributed by atoms with Crippen molar-refractivity contribution in [2.24, 2.45) is 0 Å². The third-order valence-electron chi connectivity index (χ3n) is 3.31. The van der Waals surface area contributed by atoms with Gasteiger partial charge in [-0.25, -0.2) is 13.5 Å². The van der Waals surface area contributed by atoms with Gasteiger partial charge in [0.25, 0.3) is 5.89 Å². The lowest BCUT2D eigenvalue weighted by atomic mass is 10.2. The molecule has 0 amide bonds. The molecule has 0 saturated carbocycles. The molecule has 0 spiro atoms. The highest BCUT2D eigenvalue weighted by atomic mass is 19.1. The molecule has 0 aliphatic carbocycles. The Bertz CT molecular complexity index is 994. The van der Waals surface area contributed by atoms with Crippen LogP contribution in [-0.4, -0.2) is 25.1 Å². The molecular formula is C16H9F2N5O. The van der Waals surface area contributed by atoms with Gasteiger partial charge in [0.2, 0.25) is 5.82 Å². The van der Waals surface area contributed by atoms with E-state index in [9.17, 15) is 8.78 Å². The van der Waals surface area contributed by atoms with E-state index in [-0.39, 0.29) is 17.5 Å².